The SMILES string of the molecule is O=[N+]([O-])c1ccc(-c2ccc3cn[nH]c3c2)c(C(F)(F)F)c1. The molecule has 0 bridgehead atoms. The molecule has 0 saturated heterocycles. The van der Waals surface area contributed by atoms with Crippen molar-refractivity contribution in [2.24, 2.45) is 0 Å². The molecule has 0 fully saturated rings. The lowest BCUT2D eigenvalue weighted by Gasteiger charge is -2.13. The molecular formula is C14H8F3N3O2. The minimum atomic E-state index is -4.69. The summed E-state index contributed by atoms with van der Waals surface area (Å²) < 4.78 is 39.6. The van der Waals surface area contributed by atoms with E-state index in [1.165, 1.54) is 12.1 Å². The van der Waals surface area contributed by atoms with Crippen molar-refractivity contribution in [3.05, 3.63) is 58.3 Å². The lowest BCUT2D eigenvalue weighted by atomic mass is 9.98. The number of nitro benzene ring substituents is 1. The van der Waals surface area contributed by atoms with E-state index in [2.05, 4.69) is 10.2 Å². The van der Waals surface area contributed by atoms with Gasteiger partial charge in [0.05, 0.1) is 22.2 Å². The lowest BCUT2D eigenvalue weighted by Crippen LogP contribution is -2.08. The number of aromatic nitrogens is 2. The fraction of sp³-hybridized carbons (Fsp3) is 0.0714. The third-order valence-electron chi connectivity index (χ3n) is 3.27. The summed E-state index contributed by atoms with van der Waals surface area (Å²) in [6.45, 7) is 0. The average molecular weight is 307 g/mol. The number of rotatable bonds is 2. The first-order chi connectivity index (χ1) is 10.4. The Morgan fingerprint density at radius 1 is 1.14 bits per heavy atom. The van der Waals surface area contributed by atoms with Gasteiger partial charge in [0.1, 0.15) is 0 Å². The number of benzene rings is 2. The first kappa shape index (κ1) is 14.1. The van der Waals surface area contributed by atoms with Crippen molar-refractivity contribution in [1.82, 2.24) is 10.2 Å². The molecule has 0 aliphatic rings. The number of alkyl halides is 3. The fourth-order valence-corrected chi connectivity index (χ4v) is 2.24. The van der Waals surface area contributed by atoms with Crippen molar-refractivity contribution in [2.45, 2.75) is 6.18 Å². The number of halogens is 3. The summed E-state index contributed by atoms with van der Waals surface area (Å²) >= 11 is 0. The maximum Gasteiger partial charge on any atom is 0.417 e. The van der Waals surface area contributed by atoms with E-state index in [0.29, 0.717) is 17.1 Å². The van der Waals surface area contributed by atoms with Gasteiger partial charge in [0.15, 0.2) is 0 Å². The van der Waals surface area contributed by atoms with E-state index in [1.54, 1.807) is 12.3 Å². The normalized spacial score (nSPS) is 11.8. The zero-order chi connectivity index (χ0) is 15.9. The molecule has 3 rings (SSSR count). The van der Waals surface area contributed by atoms with Crippen molar-refractivity contribution in [2.75, 3.05) is 0 Å². The molecule has 1 N–H and O–H groups in total. The highest BCUT2D eigenvalue weighted by atomic mass is 19.4. The molecule has 112 valence electrons. The van der Waals surface area contributed by atoms with Gasteiger partial charge in [-0.3, -0.25) is 15.2 Å². The van der Waals surface area contributed by atoms with Gasteiger partial charge in [0.25, 0.3) is 5.69 Å². The number of H-pyrrole nitrogens is 1. The summed E-state index contributed by atoms with van der Waals surface area (Å²) in [7, 11) is 0. The van der Waals surface area contributed by atoms with Crippen molar-refractivity contribution in [3.63, 3.8) is 0 Å². The van der Waals surface area contributed by atoms with E-state index < -0.39 is 22.4 Å². The van der Waals surface area contributed by atoms with Crippen LogP contribution < -0.4 is 0 Å². The number of nitrogens with zero attached hydrogens (tertiary/aromatic N) is 2. The van der Waals surface area contributed by atoms with Crippen LogP contribution in [0.4, 0.5) is 18.9 Å². The molecule has 0 aliphatic carbocycles. The highest BCUT2D eigenvalue weighted by Crippen LogP contribution is 2.39. The van der Waals surface area contributed by atoms with Crippen LogP contribution in [0.2, 0.25) is 0 Å². The molecule has 1 aromatic heterocycles. The Balaban J connectivity index is 2.22. The Labute approximate surface area is 121 Å². The van der Waals surface area contributed by atoms with E-state index in [1.807, 2.05) is 0 Å². The molecule has 0 radical (unpaired) electrons. The van der Waals surface area contributed by atoms with Crippen molar-refractivity contribution in [1.29, 1.82) is 0 Å². The first-order valence-electron chi connectivity index (χ1n) is 6.15. The van der Waals surface area contributed by atoms with Gasteiger partial charge in [-0.1, -0.05) is 12.1 Å². The Bertz CT molecular complexity index is 871. The highest BCUT2D eigenvalue weighted by Gasteiger charge is 2.35. The predicted octanol–water partition coefficient (Wildman–Crippen LogP) is 4.16. The van der Waals surface area contributed by atoms with Gasteiger partial charge in [0.2, 0.25) is 0 Å². The minimum absolute atomic E-state index is 0.116. The molecule has 5 nitrogen and oxygen atoms in total. The van der Waals surface area contributed by atoms with E-state index in [-0.39, 0.29) is 5.56 Å². The summed E-state index contributed by atoms with van der Waals surface area (Å²) in [5.74, 6) is 0. The zero-order valence-electron chi connectivity index (χ0n) is 10.9. The van der Waals surface area contributed by atoms with Crippen molar-refractivity contribution < 1.29 is 18.1 Å². The predicted molar refractivity (Wildman–Crippen MR) is 73.2 cm³/mol. The highest BCUT2D eigenvalue weighted by molar-refractivity contribution is 5.84. The lowest BCUT2D eigenvalue weighted by molar-refractivity contribution is -0.385. The largest absolute Gasteiger partial charge is 0.417 e. The molecule has 0 aliphatic heterocycles. The second-order valence-electron chi connectivity index (χ2n) is 4.66. The number of non-ortho nitro benzene ring substituents is 1. The third-order valence-corrected chi connectivity index (χ3v) is 3.27. The van der Waals surface area contributed by atoms with E-state index >= 15 is 0 Å². The molecule has 0 spiro atoms. The van der Waals surface area contributed by atoms with Crippen LogP contribution in [0.25, 0.3) is 22.0 Å². The Morgan fingerprint density at radius 3 is 2.59 bits per heavy atom. The summed E-state index contributed by atoms with van der Waals surface area (Å²) in [5.41, 5.74) is -0.864. The van der Waals surface area contributed by atoms with Crippen molar-refractivity contribution in [3.8, 4) is 11.1 Å². The van der Waals surface area contributed by atoms with E-state index in [4.69, 9.17) is 0 Å². The van der Waals surface area contributed by atoms with Gasteiger partial charge >= 0.3 is 6.18 Å². The van der Waals surface area contributed by atoms with Crippen LogP contribution in [0, 0.1) is 10.1 Å². The molecule has 3 aromatic rings. The number of nitrogens with one attached hydrogen (secondary N) is 1. The van der Waals surface area contributed by atoms with E-state index in [9.17, 15) is 23.3 Å². The van der Waals surface area contributed by atoms with Crippen LogP contribution in [0.5, 0.6) is 0 Å². The molecule has 0 atom stereocenters. The molecule has 0 amide bonds. The molecule has 0 saturated carbocycles. The molecule has 8 heteroatoms. The second kappa shape index (κ2) is 4.83. The number of nitro groups is 1. The third kappa shape index (κ3) is 2.39. The standard InChI is InChI=1S/C14H8F3N3O2/c15-14(16,17)12-6-10(20(21)22)3-4-11(12)8-1-2-9-7-18-19-13(9)5-8/h1-7H,(H,18,19). The summed E-state index contributed by atoms with van der Waals surface area (Å²) in [5, 5.41) is 17.9. The number of aromatic amines is 1. The Morgan fingerprint density at radius 2 is 1.91 bits per heavy atom. The van der Waals surface area contributed by atoms with Gasteiger partial charge in [0, 0.05) is 17.5 Å². The summed E-state index contributed by atoms with van der Waals surface area (Å²) in [6.07, 6.45) is -3.14. The molecular weight excluding hydrogens is 299 g/mol. The van der Waals surface area contributed by atoms with Crippen LogP contribution in [0.15, 0.2) is 42.6 Å². The Kier molecular flexibility index (Phi) is 3.09. The minimum Gasteiger partial charge on any atom is -0.278 e. The first-order valence-corrected chi connectivity index (χ1v) is 6.15. The topological polar surface area (TPSA) is 71.8 Å². The van der Waals surface area contributed by atoms with Gasteiger partial charge in [-0.15, -0.1) is 0 Å². The quantitative estimate of drug-likeness (QED) is 0.571. The fourth-order valence-electron chi connectivity index (χ4n) is 2.24. The Hall–Kier alpha value is -2.90. The molecule has 1 heterocycles. The maximum atomic E-state index is 13.2. The van der Waals surface area contributed by atoms with Crippen molar-refractivity contribution >= 4 is 16.6 Å². The molecule has 0 unspecified atom stereocenters. The average Bonchev–Trinajstić information content (AvgIpc) is 2.93. The van der Waals surface area contributed by atoms with Gasteiger partial charge in [-0.2, -0.15) is 18.3 Å². The van der Waals surface area contributed by atoms with Crippen LogP contribution >= 0.6 is 0 Å². The smallest absolute Gasteiger partial charge is 0.278 e. The molecule has 22 heavy (non-hydrogen) atoms. The van der Waals surface area contributed by atoms with Crippen LogP contribution in [-0.2, 0) is 6.18 Å². The number of fused-ring (bicyclic) bond motifs is 1. The van der Waals surface area contributed by atoms with Crippen LogP contribution in [-0.4, -0.2) is 15.1 Å². The maximum absolute atomic E-state index is 13.2. The second-order valence-corrected chi connectivity index (χ2v) is 4.66. The van der Waals surface area contributed by atoms with Crippen LogP contribution in [0.1, 0.15) is 5.56 Å². The van der Waals surface area contributed by atoms with Crippen LogP contribution in [0.3, 0.4) is 0 Å². The van der Waals surface area contributed by atoms with Gasteiger partial charge in [-0.25, -0.2) is 0 Å². The van der Waals surface area contributed by atoms with Gasteiger partial charge in [-0.05, 0) is 23.3 Å². The zero-order valence-corrected chi connectivity index (χ0v) is 10.9. The van der Waals surface area contributed by atoms with Gasteiger partial charge < -0.3 is 0 Å². The monoisotopic (exact) mass is 307 g/mol. The molecule has 2 aromatic carbocycles. The summed E-state index contributed by atoms with van der Waals surface area (Å²) in [6, 6.07) is 7.40. The van der Waals surface area contributed by atoms with E-state index in [0.717, 1.165) is 17.5 Å². The number of hydrogen-bond donors (Lipinski definition) is 1. The summed E-state index contributed by atoms with van der Waals surface area (Å²) in [4.78, 5) is 9.84. The number of hydrogen-bond acceptors (Lipinski definition) is 3.